The average molecular weight is 578 g/mol. The number of nitrogens with zero attached hydrogens (tertiary/aromatic N) is 3. The predicted molar refractivity (Wildman–Crippen MR) is 149 cm³/mol. The smallest absolute Gasteiger partial charge is 0.270 e. The summed E-state index contributed by atoms with van der Waals surface area (Å²) in [4.78, 5) is 43.5. The summed E-state index contributed by atoms with van der Waals surface area (Å²) in [5, 5.41) is 12.4. The fourth-order valence-electron chi connectivity index (χ4n) is 6.30. The number of likely N-dealkylation sites (N-methyl/N-ethyl adjacent to an activating group) is 1. The van der Waals surface area contributed by atoms with Crippen LogP contribution in [0.2, 0.25) is 0 Å². The predicted octanol–water partition coefficient (Wildman–Crippen LogP) is 1.87. The lowest BCUT2D eigenvalue weighted by molar-refractivity contribution is -0.147. The number of amides is 3. The molecule has 3 amide bonds. The summed E-state index contributed by atoms with van der Waals surface area (Å²) in [7, 11) is 1.65. The van der Waals surface area contributed by atoms with Gasteiger partial charge in [-0.3, -0.25) is 14.4 Å². The van der Waals surface area contributed by atoms with Crippen molar-refractivity contribution < 1.29 is 33.0 Å². The van der Waals surface area contributed by atoms with Crippen LogP contribution in [0.1, 0.15) is 49.5 Å². The van der Waals surface area contributed by atoms with Crippen LogP contribution in [0.4, 0.5) is 8.78 Å². The molecule has 2 atom stereocenters. The number of hydrogen-bond donors (Lipinski definition) is 3. The minimum absolute atomic E-state index is 0.0328. The van der Waals surface area contributed by atoms with E-state index in [1.807, 2.05) is 0 Å². The van der Waals surface area contributed by atoms with Crippen molar-refractivity contribution in [2.75, 3.05) is 53.0 Å². The van der Waals surface area contributed by atoms with Crippen molar-refractivity contribution in [2.24, 2.45) is 17.6 Å². The van der Waals surface area contributed by atoms with Gasteiger partial charge in [0, 0.05) is 44.2 Å². The highest BCUT2D eigenvalue weighted by Crippen LogP contribution is 2.37. The van der Waals surface area contributed by atoms with Crippen molar-refractivity contribution in [3.05, 3.63) is 35.5 Å². The number of fused-ring (bicyclic) bond motifs is 1. The molecule has 12 heteroatoms. The average Bonchev–Trinajstić information content (AvgIpc) is 3.32. The number of hydrogen-bond acceptors (Lipinski definition) is 6. The lowest BCUT2D eigenvalue weighted by atomic mass is 9.69. The SMILES string of the molecule is CNC(C)(C(N)=O)[C@@H](C(=O)N1CCN(C(=O)c2cc3cc(F)c(F)cc3n2CCOCCO)CC1)C1CCCCC1. The van der Waals surface area contributed by atoms with Crippen molar-refractivity contribution in [1.82, 2.24) is 19.7 Å². The monoisotopic (exact) mass is 577 g/mol. The van der Waals surface area contributed by atoms with Gasteiger partial charge in [-0.15, -0.1) is 0 Å². The molecular formula is C29H41F2N5O5. The van der Waals surface area contributed by atoms with E-state index in [9.17, 15) is 23.2 Å². The van der Waals surface area contributed by atoms with E-state index < -0.39 is 29.0 Å². The van der Waals surface area contributed by atoms with Crippen LogP contribution < -0.4 is 11.1 Å². The third-order valence-corrected chi connectivity index (χ3v) is 8.78. The molecule has 2 aliphatic rings. The zero-order chi connectivity index (χ0) is 29.7. The number of halogens is 2. The van der Waals surface area contributed by atoms with Gasteiger partial charge in [-0.25, -0.2) is 8.78 Å². The number of rotatable bonds is 11. The third-order valence-electron chi connectivity index (χ3n) is 8.78. The number of aliphatic hydroxyl groups is 1. The van der Waals surface area contributed by atoms with Crippen LogP contribution in [-0.4, -0.2) is 95.8 Å². The number of piperazine rings is 1. The second kappa shape index (κ2) is 13.3. The third kappa shape index (κ3) is 6.39. The van der Waals surface area contributed by atoms with Crippen LogP contribution in [0, 0.1) is 23.5 Å². The molecule has 41 heavy (non-hydrogen) atoms. The maximum absolute atomic E-state index is 14.1. The van der Waals surface area contributed by atoms with E-state index in [-0.39, 0.29) is 76.0 Å². The van der Waals surface area contributed by atoms with Crippen molar-refractivity contribution in [1.29, 1.82) is 0 Å². The van der Waals surface area contributed by atoms with E-state index in [0.29, 0.717) is 10.9 Å². The zero-order valence-electron chi connectivity index (χ0n) is 23.8. The van der Waals surface area contributed by atoms with Crippen molar-refractivity contribution >= 4 is 28.6 Å². The van der Waals surface area contributed by atoms with E-state index in [2.05, 4.69) is 5.32 Å². The van der Waals surface area contributed by atoms with Gasteiger partial charge in [0.25, 0.3) is 5.91 Å². The fraction of sp³-hybridized carbons (Fsp3) is 0.621. The molecular weight excluding hydrogens is 536 g/mol. The van der Waals surface area contributed by atoms with Gasteiger partial charge in [0.1, 0.15) is 11.2 Å². The quantitative estimate of drug-likeness (QED) is 0.350. The summed E-state index contributed by atoms with van der Waals surface area (Å²) in [6.45, 7) is 3.12. The van der Waals surface area contributed by atoms with Crippen molar-refractivity contribution in [2.45, 2.75) is 51.1 Å². The number of benzene rings is 1. The fourth-order valence-corrected chi connectivity index (χ4v) is 6.30. The molecule has 0 bridgehead atoms. The van der Waals surface area contributed by atoms with Gasteiger partial charge in [-0.05, 0) is 44.9 Å². The van der Waals surface area contributed by atoms with E-state index in [0.717, 1.165) is 44.2 Å². The number of nitrogens with one attached hydrogen (secondary N) is 1. The van der Waals surface area contributed by atoms with E-state index in [1.54, 1.807) is 28.3 Å². The van der Waals surface area contributed by atoms with Crippen molar-refractivity contribution in [3.63, 3.8) is 0 Å². The maximum atomic E-state index is 14.1. The second-order valence-electron chi connectivity index (χ2n) is 11.2. The van der Waals surface area contributed by atoms with Crippen LogP contribution in [0.25, 0.3) is 10.9 Å². The lowest BCUT2D eigenvalue weighted by Crippen LogP contribution is -2.64. The minimum Gasteiger partial charge on any atom is -0.394 e. The Hall–Kier alpha value is -3.09. The Labute approximate surface area is 238 Å². The molecule has 10 nitrogen and oxygen atoms in total. The molecule has 0 spiro atoms. The summed E-state index contributed by atoms with van der Waals surface area (Å²) in [5.74, 6) is -3.63. The Morgan fingerprint density at radius 1 is 1.05 bits per heavy atom. The van der Waals surface area contributed by atoms with Gasteiger partial charge in [0.05, 0.1) is 31.3 Å². The highest BCUT2D eigenvalue weighted by atomic mass is 19.2. The largest absolute Gasteiger partial charge is 0.394 e. The Balaban J connectivity index is 1.52. The lowest BCUT2D eigenvalue weighted by Gasteiger charge is -2.44. The minimum atomic E-state index is -1.20. The number of nitrogens with two attached hydrogens (primary N) is 1. The van der Waals surface area contributed by atoms with E-state index in [4.69, 9.17) is 15.6 Å². The van der Waals surface area contributed by atoms with Gasteiger partial charge in [-0.2, -0.15) is 0 Å². The first-order valence-electron chi connectivity index (χ1n) is 14.4. The molecule has 1 saturated carbocycles. The Kier molecular flexibility index (Phi) is 9.98. The number of carbonyl (C=O) groups is 3. The Bertz CT molecular complexity index is 1260. The summed E-state index contributed by atoms with van der Waals surface area (Å²) < 4.78 is 35.0. The van der Waals surface area contributed by atoms with Crippen molar-refractivity contribution in [3.8, 4) is 0 Å². The Morgan fingerprint density at radius 2 is 1.68 bits per heavy atom. The van der Waals surface area contributed by atoms with Crippen LogP contribution in [0.15, 0.2) is 18.2 Å². The van der Waals surface area contributed by atoms with Crippen LogP contribution in [0.5, 0.6) is 0 Å². The molecule has 1 saturated heterocycles. The molecule has 4 rings (SSSR count). The van der Waals surface area contributed by atoms with Crippen LogP contribution in [-0.2, 0) is 20.9 Å². The number of aliphatic hydroxyl groups excluding tert-OH is 1. The number of primary amides is 1. The Morgan fingerprint density at radius 3 is 2.29 bits per heavy atom. The highest BCUT2D eigenvalue weighted by Gasteiger charge is 2.49. The summed E-state index contributed by atoms with van der Waals surface area (Å²) >= 11 is 0. The second-order valence-corrected chi connectivity index (χ2v) is 11.2. The molecule has 2 aromatic rings. The van der Waals surface area contributed by atoms with Gasteiger partial charge >= 0.3 is 0 Å². The van der Waals surface area contributed by atoms with Gasteiger partial charge in [0.15, 0.2) is 11.6 Å². The molecule has 2 heterocycles. The number of ether oxygens (including phenoxy) is 1. The normalized spacial score (nSPS) is 18.9. The first-order valence-corrected chi connectivity index (χ1v) is 14.4. The molecule has 1 aromatic carbocycles. The summed E-state index contributed by atoms with van der Waals surface area (Å²) in [5.41, 5.74) is 5.23. The molecule has 1 aliphatic carbocycles. The molecule has 2 fully saturated rings. The summed E-state index contributed by atoms with van der Waals surface area (Å²) in [6, 6.07) is 3.66. The molecule has 0 radical (unpaired) electrons. The molecule has 1 aliphatic heterocycles. The topological polar surface area (TPSA) is 130 Å². The van der Waals surface area contributed by atoms with Gasteiger partial charge in [-0.1, -0.05) is 19.3 Å². The summed E-state index contributed by atoms with van der Waals surface area (Å²) in [6.07, 6.45) is 4.82. The van der Waals surface area contributed by atoms with E-state index >= 15 is 0 Å². The van der Waals surface area contributed by atoms with Gasteiger partial charge in [0.2, 0.25) is 11.8 Å². The number of aromatic nitrogens is 1. The number of carbonyl (C=O) groups excluding carboxylic acids is 3. The molecule has 226 valence electrons. The molecule has 1 unspecified atom stereocenters. The molecule has 1 aromatic heterocycles. The zero-order valence-corrected chi connectivity index (χ0v) is 23.8. The first-order chi connectivity index (χ1) is 19.6. The maximum Gasteiger partial charge on any atom is 0.270 e. The highest BCUT2D eigenvalue weighted by molar-refractivity contribution is 5.99. The first kappa shape index (κ1) is 30.9. The van der Waals surface area contributed by atoms with Crippen LogP contribution >= 0.6 is 0 Å². The van der Waals surface area contributed by atoms with Gasteiger partial charge < -0.3 is 35.3 Å². The van der Waals surface area contributed by atoms with Crippen LogP contribution in [0.3, 0.4) is 0 Å². The molecule has 4 N–H and O–H groups in total. The standard InChI is InChI=1S/C29H41F2N5O5/c1-29(33-2,28(32)40)25(19-6-4-3-5-7-19)27(39)35-10-8-34(9-11-35)26(38)24-17-20-16-21(30)22(31)18-23(20)36(24)12-14-41-15-13-37/h16-19,25,33,37H,3-15H2,1-2H3,(H2,32,40)/t25-,29?/m1/s1. The van der Waals surface area contributed by atoms with E-state index in [1.165, 1.54) is 6.07 Å².